The largest absolute Gasteiger partial charge is 0.334 e. The fourth-order valence-electron chi connectivity index (χ4n) is 3.58. The van der Waals surface area contributed by atoms with Crippen LogP contribution in [0.2, 0.25) is 5.02 Å². The quantitative estimate of drug-likeness (QED) is 0.478. The molecule has 0 bridgehead atoms. The third-order valence-corrected chi connectivity index (χ3v) is 6.36. The van der Waals surface area contributed by atoms with Crippen LogP contribution in [0.4, 0.5) is 4.39 Å². The predicted molar refractivity (Wildman–Crippen MR) is 125 cm³/mol. The van der Waals surface area contributed by atoms with Gasteiger partial charge >= 0.3 is 5.69 Å². The number of benzene rings is 2. The minimum absolute atomic E-state index is 0.0271. The van der Waals surface area contributed by atoms with Crippen LogP contribution in [-0.2, 0) is 10.8 Å². The van der Waals surface area contributed by atoms with Gasteiger partial charge < -0.3 is 0 Å². The Labute approximate surface area is 190 Å². The third-order valence-electron chi connectivity index (χ3n) is 5.16. The lowest BCUT2D eigenvalue weighted by molar-refractivity contribution is 0.631. The highest BCUT2D eigenvalue weighted by Crippen LogP contribution is 2.31. The second-order valence-corrected chi connectivity index (χ2v) is 9.38. The van der Waals surface area contributed by atoms with Crippen LogP contribution in [0.15, 0.2) is 63.0 Å². The second-order valence-electron chi connectivity index (χ2n) is 7.59. The molecule has 2 aromatic heterocycles. The number of hydrogen-bond donors (Lipinski definition) is 1. The normalized spacial score (nSPS) is 12.4. The summed E-state index contributed by atoms with van der Waals surface area (Å²) >= 11 is 6.35. The summed E-state index contributed by atoms with van der Waals surface area (Å²) in [6.07, 6.45) is 1.57. The summed E-state index contributed by atoms with van der Waals surface area (Å²) in [6, 6.07) is 12.5. The van der Waals surface area contributed by atoms with Gasteiger partial charge in [-0.25, -0.2) is 18.7 Å². The molecule has 1 unspecified atom stereocenters. The van der Waals surface area contributed by atoms with Gasteiger partial charge in [-0.1, -0.05) is 37.6 Å². The number of halogens is 2. The molecule has 0 saturated heterocycles. The average Bonchev–Trinajstić information content (AvgIpc) is 2.74. The van der Waals surface area contributed by atoms with Gasteiger partial charge in [0.1, 0.15) is 5.82 Å². The van der Waals surface area contributed by atoms with Crippen LogP contribution >= 0.6 is 11.6 Å². The smallest absolute Gasteiger partial charge is 0.273 e. The first-order chi connectivity index (χ1) is 15.2. The number of hydrogen-bond acceptors (Lipinski definition) is 4. The fraction of sp³-hybridized carbons (Fsp3) is 0.174. The van der Waals surface area contributed by atoms with Crippen LogP contribution < -0.4 is 11.2 Å². The summed E-state index contributed by atoms with van der Waals surface area (Å²) in [5, 5.41) is 0.173. The van der Waals surface area contributed by atoms with Crippen LogP contribution in [0.5, 0.6) is 0 Å². The lowest BCUT2D eigenvalue weighted by Gasteiger charge is -2.17. The van der Waals surface area contributed by atoms with Crippen LogP contribution in [0.3, 0.4) is 0 Å². The van der Waals surface area contributed by atoms with Crippen molar-refractivity contribution in [3.63, 3.8) is 0 Å². The molecule has 4 rings (SSSR count). The zero-order valence-electron chi connectivity index (χ0n) is 17.5. The molecule has 4 aromatic rings. The summed E-state index contributed by atoms with van der Waals surface area (Å²) in [5.41, 5.74) is 0.214. The molecule has 164 valence electrons. The minimum Gasteiger partial charge on any atom is -0.273 e. The Morgan fingerprint density at radius 1 is 1.12 bits per heavy atom. The maximum Gasteiger partial charge on any atom is 0.334 e. The molecule has 0 amide bonds. The summed E-state index contributed by atoms with van der Waals surface area (Å²) < 4.78 is 27.7. The van der Waals surface area contributed by atoms with Gasteiger partial charge in [0.05, 0.1) is 21.8 Å². The first kappa shape index (κ1) is 22.1. The van der Waals surface area contributed by atoms with Gasteiger partial charge in [0, 0.05) is 27.5 Å². The Morgan fingerprint density at radius 2 is 1.84 bits per heavy atom. The van der Waals surface area contributed by atoms with Crippen LogP contribution in [0, 0.1) is 5.82 Å². The van der Waals surface area contributed by atoms with Crippen molar-refractivity contribution in [3.8, 4) is 16.9 Å². The Kier molecular flexibility index (Phi) is 5.83. The molecular formula is C23H19ClFN3O3S. The molecule has 0 saturated carbocycles. The predicted octanol–water partition coefficient (Wildman–Crippen LogP) is 4.39. The van der Waals surface area contributed by atoms with Gasteiger partial charge in [0.2, 0.25) is 0 Å². The summed E-state index contributed by atoms with van der Waals surface area (Å²) in [6.45, 7) is 3.88. The number of pyridine rings is 1. The van der Waals surface area contributed by atoms with Crippen molar-refractivity contribution in [2.24, 2.45) is 0 Å². The molecule has 0 aliphatic carbocycles. The number of H-pyrrole nitrogens is 1. The summed E-state index contributed by atoms with van der Waals surface area (Å²) in [5.74, 6) is -0.557. The van der Waals surface area contributed by atoms with E-state index < -0.39 is 27.9 Å². The second kappa shape index (κ2) is 8.44. The average molecular weight is 472 g/mol. The van der Waals surface area contributed by atoms with Crippen LogP contribution in [-0.4, -0.2) is 25.0 Å². The number of nitrogens with zero attached hydrogens (tertiary/aromatic N) is 2. The number of aromatic nitrogens is 3. The number of nitrogens with one attached hydrogen (secondary N) is 1. The first-order valence-corrected chi connectivity index (χ1v) is 11.7. The molecule has 0 aliphatic rings. The summed E-state index contributed by atoms with van der Waals surface area (Å²) in [7, 11) is -1.21. The van der Waals surface area contributed by atoms with E-state index in [1.165, 1.54) is 22.8 Å². The van der Waals surface area contributed by atoms with E-state index in [2.05, 4.69) is 9.97 Å². The maximum absolute atomic E-state index is 14.5. The van der Waals surface area contributed by atoms with Crippen molar-refractivity contribution in [2.45, 2.75) is 24.7 Å². The lowest BCUT2D eigenvalue weighted by Crippen LogP contribution is -2.30. The van der Waals surface area contributed by atoms with Gasteiger partial charge in [-0.15, -0.1) is 0 Å². The van der Waals surface area contributed by atoms with E-state index in [4.69, 9.17) is 11.6 Å². The fourth-order valence-corrected chi connectivity index (χ4v) is 4.38. The van der Waals surface area contributed by atoms with Crippen molar-refractivity contribution >= 4 is 33.4 Å². The molecule has 6 nitrogen and oxygen atoms in total. The molecular weight excluding hydrogens is 453 g/mol. The zero-order valence-corrected chi connectivity index (χ0v) is 19.1. The molecule has 0 radical (unpaired) electrons. The molecule has 0 spiro atoms. The molecule has 0 fully saturated rings. The molecule has 32 heavy (non-hydrogen) atoms. The molecule has 0 aliphatic heterocycles. The molecule has 9 heteroatoms. The molecule has 1 atom stereocenters. The van der Waals surface area contributed by atoms with E-state index in [0.29, 0.717) is 10.6 Å². The number of rotatable bonds is 4. The Bertz CT molecular complexity index is 1510. The van der Waals surface area contributed by atoms with E-state index in [9.17, 15) is 18.2 Å². The summed E-state index contributed by atoms with van der Waals surface area (Å²) in [4.78, 5) is 32.9. The minimum atomic E-state index is -1.21. The zero-order chi connectivity index (χ0) is 23.2. The van der Waals surface area contributed by atoms with Crippen molar-refractivity contribution in [1.29, 1.82) is 0 Å². The van der Waals surface area contributed by atoms with E-state index in [1.54, 1.807) is 36.6 Å². The number of aromatic amines is 1. The van der Waals surface area contributed by atoms with E-state index in [0.717, 1.165) is 5.56 Å². The van der Waals surface area contributed by atoms with Gasteiger partial charge in [0.25, 0.3) is 5.56 Å². The highest BCUT2D eigenvalue weighted by Gasteiger charge is 2.20. The van der Waals surface area contributed by atoms with Crippen LogP contribution in [0.1, 0.15) is 25.3 Å². The van der Waals surface area contributed by atoms with Gasteiger partial charge in [-0.05, 0) is 47.9 Å². The first-order valence-electron chi connectivity index (χ1n) is 9.77. The monoisotopic (exact) mass is 471 g/mol. The third kappa shape index (κ3) is 3.80. The highest BCUT2D eigenvalue weighted by molar-refractivity contribution is 7.84. The van der Waals surface area contributed by atoms with E-state index in [1.807, 2.05) is 13.8 Å². The maximum atomic E-state index is 14.5. The molecule has 2 aromatic carbocycles. The van der Waals surface area contributed by atoms with Gasteiger partial charge in [-0.2, -0.15) is 0 Å². The van der Waals surface area contributed by atoms with Crippen molar-refractivity contribution < 1.29 is 8.60 Å². The Balaban J connectivity index is 2.13. The SMILES string of the molecule is CC(C)c1cc(S(C)=O)ccc1-n1c(=O)[nH]c(=O)c2cc(Cl)c(-c3ccccc3F)nc21. The van der Waals surface area contributed by atoms with Gasteiger partial charge in [-0.3, -0.25) is 14.0 Å². The van der Waals surface area contributed by atoms with Crippen molar-refractivity contribution in [1.82, 2.24) is 14.5 Å². The van der Waals surface area contributed by atoms with Crippen molar-refractivity contribution in [2.75, 3.05) is 6.26 Å². The van der Waals surface area contributed by atoms with Crippen molar-refractivity contribution in [3.05, 3.63) is 85.8 Å². The van der Waals surface area contributed by atoms with E-state index in [-0.39, 0.29) is 33.2 Å². The number of fused-ring (bicyclic) bond motifs is 1. The molecule has 2 heterocycles. The lowest BCUT2D eigenvalue weighted by atomic mass is 10.0. The van der Waals surface area contributed by atoms with Gasteiger partial charge in [0.15, 0.2) is 5.65 Å². The standard InChI is InChI=1S/C23H19ClFN3O3S/c1-12(2)15-10-13(32(3)31)8-9-19(15)28-21-16(22(29)27-23(28)30)11-17(24)20(26-21)14-6-4-5-7-18(14)25/h4-12H,1-3H3,(H,27,29,30). The topological polar surface area (TPSA) is 84.8 Å². The van der Waals surface area contributed by atoms with E-state index >= 15 is 0 Å². The molecule has 1 N–H and O–H groups in total. The van der Waals surface area contributed by atoms with Crippen LogP contribution in [0.25, 0.3) is 28.0 Å². The highest BCUT2D eigenvalue weighted by atomic mass is 35.5. The Hall–Kier alpha value is -3.10. The Morgan fingerprint density at radius 3 is 2.50 bits per heavy atom.